The Labute approximate surface area is 277 Å². The van der Waals surface area contributed by atoms with E-state index in [1.807, 2.05) is 39.0 Å². The second kappa shape index (κ2) is 12.1. The van der Waals surface area contributed by atoms with Gasteiger partial charge in [0.25, 0.3) is 23.6 Å². The minimum atomic E-state index is -0.384. The molecule has 6 nitrogen and oxygen atoms in total. The van der Waals surface area contributed by atoms with Crippen molar-refractivity contribution in [2.75, 3.05) is 4.90 Å². The van der Waals surface area contributed by atoms with Crippen molar-refractivity contribution < 1.29 is 19.2 Å². The summed E-state index contributed by atoms with van der Waals surface area (Å²) in [7, 11) is 0. The number of rotatable bonds is 9. The van der Waals surface area contributed by atoms with Gasteiger partial charge >= 0.3 is 0 Å². The van der Waals surface area contributed by atoms with Crippen molar-refractivity contribution in [3.05, 3.63) is 112 Å². The second-order valence-corrected chi connectivity index (χ2v) is 13.2. The minimum Gasteiger partial charge on any atom is -0.271 e. The first-order chi connectivity index (χ1) is 22.5. The van der Waals surface area contributed by atoms with Crippen LogP contribution in [0.3, 0.4) is 0 Å². The first-order valence-corrected chi connectivity index (χ1v) is 16.7. The highest BCUT2D eigenvalue weighted by Gasteiger charge is 2.40. The molecule has 4 aromatic carbocycles. The maximum absolute atomic E-state index is 13.8. The Hall–Kier alpha value is -4.84. The maximum atomic E-state index is 13.8. The predicted molar refractivity (Wildman–Crippen MR) is 187 cm³/mol. The summed E-state index contributed by atoms with van der Waals surface area (Å²) in [5.41, 5.74) is 9.21. The van der Waals surface area contributed by atoms with Gasteiger partial charge in [0.05, 0.1) is 27.9 Å². The monoisotopic (exact) mass is 626 g/mol. The summed E-state index contributed by atoms with van der Waals surface area (Å²) in [6.45, 7) is 14.9. The van der Waals surface area contributed by atoms with Crippen molar-refractivity contribution in [2.24, 2.45) is 0 Å². The summed E-state index contributed by atoms with van der Waals surface area (Å²) in [4.78, 5) is 56.3. The highest BCUT2D eigenvalue weighted by atomic mass is 16.2. The molecule has 240 valence electrons. The number of imide groups is 2. The normalized spacial score (nSPS) is 14.5. The number of amides is 4. The molecule has 47 heavy (non-hydrogen) atoms. The molecule has 2 aliphatic heterocycles. The average molecular weight is 627 g/mol. The molecule has 4 aromatic rings. The number of nitrogens with zero attached hydrogens (tertiary/aromatic N) is 2. The van der Waals surface area contributed by atoms with Crippen LogP contribution in [0.5, 0.6) is 0 Å². The van der Waals surface area contributed by atoms with Crippen molar-refractivity contribution in [1.82, 2.24) is 4.90 Å². The quantitative estimate of drug-likeness (QED) is 0.174. The van der Waals surface area contributed by atoms with Crippen LogP contribution in [0, 0.1) is 13.8 Å². The summed E-state index contributed by atoms with van der Waals surface area (Å²) in [5, 5.41) is 0. The van der Waals surface area contributed by atoms with E-state index in [4.69, 9.17) is 0 Å². The molecule has 0 unspecified atom stereocenters. The molecule has 2 aliphatic rings. The van der Waals surface area contributed by atoms with Gasteiger partial charge < -0.3 is 0 Å². The highest BCUT2D eigenvalue weighted by Crippen LogP contribution is 2.38. The predicted octanol–water partition coefficient (Wildman–Crippen LogP) is 9.30. The number of hydrogen-bond donors (Lipinski definition) is 0. The summed E-state index contributed by atoms with van der Waals surface area (Å²) < 4.78 is 0. The standard InChI is InChI=1S/C41H42N2O4/c1-8-29(9-2)42-37(44)33-16-12-26(22-35(33)39(42)46)27-13-17-34-36(23-27)40(47)43(38(34)45)30-15-19-32(25(6)21-30)31-18-14-28(20-24(31)5)41(7,10-3)11-4/h12-23,29H,8-11H2,1-7H3. The van der Waals surface area contributed by atoms with Gasteiger partial charge in [-0.15, -0.1) is 0 Å². The zero-order chi connectivity index (χ0) is 33.8. The van der Waals surface area contributed by atoms with Crippen molar-refractivity contribution in [2.45, 2.75) is 85.6 Å². The van der Waals surface area contributed by atoms with Gasteiger partial charge in [0.15, 0.2) is 0 Å². The molecule has 4 amide bonds. The zero-order valence-corrected chi connectivity index (χ0v) is 28.4. The van der Waals surface area contributed by atoms with Gasteiger partial charge in [-0.3, -0.25) is 24.1 Å². The second-order valence-electron chi connectivity index (χ2n) is 13.2. The molecule has 0 aliphatic carbocycles. The van der Waals surface area contributed by atoms with Gasteiger partial charge in [-0.05, 0) is 120 Å². The number of anilines is 1. The molecular formula is C41H42N2O4. The van der Waals surface area contributed by atoms with E-state index in [0.717, 1.165) is 29.5 Å². The first-order valence-electron chi connectivity index (χ1n) is 16.7. The molecular weight excluding hydrogens is 584 g/mol. The van der Waals surface area contributed by atoms with Crippen molar-refractivity contribution >= 4 is 29.3 Å². The van der Waals surface area contributed by atoms with Crippen molar-refractivity contribution in [3.8, 4) is 22.3 Å². The lowest BCUT2D eigenvalue weighted by Crippen LogP contribution is -2.39. The SMILES string of the molecule is CCC(CC)N1C(=O)c2ccc(-c3ccc4c(c3)C(=O)N(c3ccc(-c5ccc(C(C)(CC)CC)cc5C)c(C)c3)C4=O)cc2C1=O. The molecule has 0 aromatic heterocycles. The van der Waals surface area contributed by atoms with E-state index in [1.54, 1.807) is 36.4 Å². The van der Waals surface area contributed by atoms with Gasteiger partial charge in [0.2, 0.25) is 0 Å². The van der Waals surface area contributed by atoms with E-state index >= 15 is 0 Å². The highest BCUT2D eigenvalue weighted by molar-refractivity contribution is 6.34. The Morgan fingerprint density at radius 3 is 1.55 bits per heavy atom. The Balaban J connectivity index is 1.28. The molecule has 0 fully saturated rings. The fraction of sp³-hybridized carbons (Fsp3) is 0.317. The van der Waals surface area contributed by atoms with E-state index in [9.17, 15) is 19.2 Å². The van der Waals surface area contributed by atoms with Crippen LogP contribution in [0.1, 0.15) is 118 Å². The first kappa shape index (κ1) is 32.1. The van der Waals surface area contributed by atoms with Crippen LogP contribution in [0.2, 0.25) is 0 Å². The van der Waals surface area contributed by atoms with Crippen LogP contribution in [0.4, 0.5) is 5.69 Å². The fourth-order valence-electron chi connectivity index (χ4n) is 7.17. The molecule has 6 heteroatoms. The van der Waals surface area contributed by atoms with Crippen LogP contribution in [-0.2, 0) is 5.41 Å². The molecule has 0 radical (unpaired) electrons. The van der Waals surface area contributed by atoms with Crippen molar-refractivity contribution in [1.29, 1.82) is 0 Å². The largest absolute Gasteiger partial charge is 0.271 e. The van der Waals surface area contributed by atoms with E-state index in [2.05, 4.69) is 45.9 Å². The number of hydrogen-bond acceptors (Lipinski definition) is 4. The van der Waals surface area contributed by atoms with E-state index in [-0.39, 0.29) is 35.1 Å². The lowest BCUT2D eigenvalue weighted by atomic mass is 9.76. The van der Waals surface area contributed by atoms with Crippen molar-refractivity contribution in [3.63, 3.8) is 0 Å². The number of benzene rings is 4. The average Bonchev–Trinajstić information content (AvgIpc) is 3.48. The Bertz CT molecular complexity index is 1960. The maximum Gasteiger partial charge on any atom is 0.266 e. The molecule has 0 bridgehead atoms. The number of carbonyl (C=O) groups excluding carboxylic acids is 4. The number of carbonyl (C=O) groups is 4. The third-order valence-electron chi connectivity index (χ3n) is 10.7. The zero-order valence-electron chi connectivity index (χ0n) is 28.4. The third-order valence-corrected chi connectivity index (χ3v) is 10.7. The summed E-state index contributed by atoms with van der Waals surface area (Å²) >= 11 is 0. The number of fused-ring (bicyclic) bond motifs is 2. The molecule has 0 saturated heterocycles. The van der Waals surface area contributed by atoms with Crippen LogP contribution in [0.15, 0.2) is 72.8 Å². The van der Waals surface area contributed by atoms with Gasteiger partial charge in [0, 0.05) is 6.04 Å². The lowest BCUT2D eigenvalue weighted by Gasteiger charge is -2.28. The molecule has 0 N–H and O–H groups in total. The smallest absolute Gasteiger partial charge is 0.266 e. The van der Waals surface area contributed by atoms with E-state index in [0.29, 0.717) is 51.9 Å². The fourth-order valence-corrected chi connectivity index (χ4v) is 7.17. The van der Waals surface area contributed by atoms with Gasteiger partial charge in [-0.25, -0.2) is 4.90 Å². The van der Waals surface area contributed by atoms with Crippen LogP contribution in [0.25, 0.3) is 22.3 Å². The van der Waals surface area contributed by atoms with Gasteiger partial charge in [-0.2, -0.15) is 0 Å². The molecule has 0 saturated carbocycles. The Morgan fingerprint density at radius 1 is 0.553 bits per heavy atom. The topological polar surface area (TPSA) is 74.8 Å². The van der Waals surface area contributed by atoms with Crippen LogP contribution < -0.4 is 4.90 Å². The number of aryl methyl sites for hydroxylation is 2. The molecule has 0 spiro atoms. The van der Waals surface area contributed by atoms with E-state index in [1.165, 1.54) is 20.9 Å². The van der Waals surface area contributed by atoms with Crippen LogP contribution >= 0.6 is 0 Å². The minimum absolute atomic E-state index is 0.138. The van der Waals surface area contributed by atoms with Gasteiger partial charge in [-0.1, -0.05) is 71.0 Å². The summed E-state index contributed by atoms with van der Waals surface area (Å²) in [6.07, 6.45) is 3.53. The summed E-state index contributed by atoms with van der Waals surface area (Å²) in [6, 6.07) is 22.7. The third kappa shape index (κ3) is 5.11. The Morgan fingerprint density at radius 2 is 1.02 bits per heavy atom. The van der Waals surface area contributed by atoms with Gasteiger partial charge in [0.1, 0.15) is 0 Å². The molecule has 2 heterocycles. The lowest BCUT2D eigenvalue weighted by molar-refractivity contribution is 0.0575. The molecule has 0 atom stereocenters. The van der Waals surface area contributed by atoms with E-state index < -0.39 is 0 Å². The Kier molecular flexibility index (Phi) is 8.25. The molecule has 6 rings (SSSR count). The van der Waals surface area contributed by atoms with Crippen LogP contribution in [-0.4, -0.2) is 34.6 Å². The summed E-state index contributed by atoms with van der Waals surface area (Å²) in [5.74, 6) is -1.30.